The second-order valence-corrected chi connectivity index (χ2v) is 7.63. The van der Waals surface area contributed by atoms with Crippen LogP contribution in [0.15, 0.2) is 42.5 Å². The molecule has 0 amide bonds. The van der Waals surface area contributed by atoms with Crippen molar-refractivity contribution < 1.29 is 18.0 Å². The van der Waals surface area contributed by atoms with Crippen molar-refractivity contribution in [2.24, 2.45) is 0 Å². The van der Waals surface area contributed by atoms with Crippen molar-refractivity contribution in [2.45, 2.75) is 31.3 Å². The summed E-state index contributed by atoms with van der Waals surface area (Å²) in [5, 5.41) is 3.66. The maximum absolute atomic E-state index is 15.2. The van der Waals surface area contributed by atoms with Gasteiger partial charge in [-0.15, -0.1) is 0 Å². The van der Waals surface area contributed by atoms with Gasteiger partial charge in [0.05, 0.1) is 16.7 Å². The molecule has 0 saturated carbocycles. The Bertz CT molecular complexity index is 989. The fourth-order valence-electron chi connectivity index (χ4n) is 4.00. The van der Waals surface area contributed by atoms with Crippen LogP contribution in [0.3, 0.4) is 0 Å². The van der Waals surface area contributed by atoms with Gasteiger partial charge in [-0.25, -0.2) is 4.39 Å². The number of benzene rings is 2. The van der Waals surface area contributed by atoms with E-state index in [2.05, 4.69) is 5.32 Å². The van der Waals surface area contributed by atoms with Gasteiger partial charge in [-0.3, -0.25) is 0 Å². The summed E-state index contributed by atoms with van der Waals surface area (Å²) < 4.78 is 49.2. The highest BCUT2D eigenvalue weighted by Crippen LogP contribution is 2.48. The molecule has 0 radical (unpaired) electrons. The van der Waals surface area contributed by atoms with Gasteiger partial charge in [0.15, 0.2) is 5.60 Å². The van der Waals surface area contributed by atoms with Crippen molar-refractivity contribution in [3.63, 3.8) is 0 Å². The molecule has 2 aromatic rings. The predicted molar refractivity (Wildman–Crippen MR) is 106 cm³/mol. The minimum absolute atomic E-state index is 0.0387. The number of hydrogen-bond acceptors (Lipinski definition) is 3. The van der Waals surface area contributed by atoms with Crippen LogP contribution in [-0.2, 0) is 5.60 Å². The lowest BCUT2D eigenvalue weighted by atomic mass is 9.85. The quantitative estimate of drug-likeness (QED) is 0.757. The Morgan fingerprint density at radius 3 is 2.89 bits per heavy atom. The van der Waals surface area contributed by atoms with Crippen LogP contribution in [0.5, 0.6) is 11.5 Å². The highest BCUT2D eigenvalue weighted by Gasteiger charge is 2.37. The molecule has 0 unspecified atom stereocenters. The Morgan fingerprint density at radius 2 is 2.11 bits per heavy atom. The summed E-state index contributed by atoms with van der Waals surface area (Å²) in [4.78, 5) is 0. The number of para-hydroxylation sites is 1. The molecule has 1 saturated heterocycles. The molecule has 0 aromatic heterocycles. The highest BCUT2D eigenvalue weighted by atomic mass is 35.5. The van der Waals surface area contributed by atoms with Crippen LogP contribution in [0.25, 0.3) is 5.83 Å². The van der Waals surface area contributed by atoms with Crippen molar-refractivity contribution in [1.29, 1.82) is 0 Å². The summed E-state index contributed by atoms with van der Waals surface area (Å²) in [5.41, 5.74) is 0.515. The van der Waals surface area contributed by atoms with Crippen molar-refractivity contribution in [2.75, 3.05) is 20.1 Å². The smallest absolute Gasteiger partial charge is 0.156 e. The van der Waals surface area contributed by atoms with Gasteiger partial charge in [-0.1, -0.05) is 23.7 Å². The van der Waals surface area contributed by atoms with E-state index in [0.717, 1.165) is 31.5 Å². The highest BCUT2D eigenvalue weighted by molar-refractivity contribution is 6.30. The zero-order valence-electron chi connectivity index (χ0n) is 18.0. The van der Waals surface area contributed by atoms with E-state index in [-0.39, 0.29) is 11.7 Å². The second-order valence-electron chi connectivity index (χ2n) is 7.19. The molecule has 0 aliphatic carbocycles. The molecule has 27 heavy (non-hydrogen) atoms. The lowest BCUT2D eigenvalue weighted by Gasteiger charge is -2.36. The van der Waals surface area contributed by atoms with E-state index in [1.54, 1.807) is 25.1 Å². The fourth-order valence-corrected chi connectivity index (χ4v) is 4.16. The Balaban J connectivity index is 1.80. The number of fused-ring (bicyclic) bond motifs is 1. The summed E-state index contributed by atoms with van der Waals surface area (Å²) in [6, 6.07) is 10.2. The molecule has 142 valence electrons. The molecule has 4 rings (SSSR count). The molecule has 1 fully saturated rings. The summed E-state index contributed by atoms with van der Waals surface area (Å²) >= 11 is 6.07. The number of piperidine rings is 1. The molecule has 0 spiro atoms. The van der Waals surface area contributed by atoms with E-state index in [9.17, 15) is 0 Å². The van der Waals surface area contributed by atoms with E-state index in [1.165, 1.54) is 12.1 Å². The Labute approximate surface area is 168 Å². The van der Waals surface area contributed by atoms with E-state index in [4.69, 9.17) is 25.2 Å². The second kappa shape index (κ2) is 7.17. The summed E-state index contributed by atoms with van der Waals surface area (Å²) in [6.45, 7) is 3.50. The number of halogens is 2. The average Bonchev–Trinajstić information content (AvgIpc) is 2.67. The van der Waals surface area contributed by atoms with E-state index in [1.807, 2.05) is 12.1 Å². The molecule has 2 aliphatic heterocycles. The van der Waals surface area contributed by atoms with E-state index in [0.29, 0.717) is 21.9 Å². The first-order chi connectivity index (χ1) is 14.2. The van der Waals surface area contributed by atoms with Gasteiger partial charge in [0.2, 0.25) is 0 Å². The van der Waals surface area contributed by atoms with Crippen molar-refractivity contribution in [3.05, 3.63) is 64.2 Å². The van der Waals surface area contributed by atoms with Crippen LogP contribution < -0.4 is 14.8 Å². The third-order valence-corrected chi connectivity index (χ3v) is 5.62. The predicted octanol–water partition coefficient (Wildman–Crippen LogP) is 5.43. The van der Waals surface area contributed by atoms with Gasteiger partial charge in [0.1, 0.15) is 17.3 Å². The molecule has 5 heteroatoms. The first kappa shape index (κ1) is 14.9. The van der Waals surface area contributed by atoms with Crippen LogP contribution in [-0.4, -0.2) is 20.1 Å². The van der Waals surface area contributed by atoms with Crippen molar-refractivity contribution in [3.8, 4) is 11.5 Å². The first-order valence-corrected chi connectivity index (χ1v) is 9.44. The standard InChI is InChI=1S/C22H23ClFNO2/c1-22(18-7-6-15(23)12-20(18)26-2)13-19(24)17-5-3-4-16(21(17)27-22)14-8-10-25-11-9-14/h3-7,12-14,25H,8-11H2,1-2H3/t22-/m1/s1/i2D3. The molecular weight excluding hydrogens is 365 g/mol. The van der Waals surface area contributed by atoms with Gasteiger partial charge in [-0.2, -0.15) is 0 Å². The van der Waals surface area contributed by atoms with E-state index >= 15 is 4.39 Å². The van der Waals surface area contributed by atoms with Gasteiger partial charge in [0, 0.05) is 10.6 Å². The van der Waals surface area contributed by atoms with E-state index < -0.39 is 18.5 Å². The van der Waals surface area contributed by atoms with Gasteiger partial charge >= 0.3 is 0 Å². The molecule has 2 aromatic carbocycles. The number of methoxy groups -OCH3 is 1. The summed E-state index contributed by atoms with van der Waals surface area (Å²) in [7, 11) is -2.68. The molecule has 0 bridgehead atoms. The van der Waals surface area contributed by atoms with Crippen molar-refractivity contribution in [1.82, 2.24) is 5.32 Å². The molecule has 2 aliphatic rings. The SMILES string of the molecule is [2H]C([2H])([2H])Oc1cc(Cl)ccc1[C@@]1(C)C=C(F)c2cccc(C3CCNCC3)c2O1. The molecule has 1 atom stereocenters. The van der Waals surface area contributed by atoms with Crippen molar-refractivity contribution >= 4 is 17.4 Å². The maximum atomic E-state index is 15.2. The minimum Gasteiger partial charge on any atom is -0.496 e. The lowest BCUT2D eigenvalue weighted by Crippen LogP contribution is -2.32. The normalized spacial score (nSPS) is 24.7. The van der Waals surface area contributed by atoms with Gasteiger partial charge < -0.3 is 14.8 Å². The maximum Gasteiger partial charge on any atom is 0.156 e. The topological polar surface area (TPSA) is 30.5 Å². The molecule has 3 nitrogen and oxygen atoms in total. The number of hydrogen-bond donors (Lipinski definition) is 1. The Hall–Kier alpha value is -2.04. The van der Waals surface area contributed by atoms with Crippen LogP contribution >= 0.6 is 11.6 Å². The third kappa shape index (κ3) is 3.32. The zero-order chi connectivity index (χ0) is 21.5. The Kier molecular flexibility index (Phi) is 3.97. The average molecular weight is 391 g/mol. The lowest BCUT2D eigenvalue weighted by molar-refractivity contribution is 0.128. The van der Waals surface area contributed by atoms with Crippen LogP contribution in [0, 0.1) is 0 Å². The van der Waals surface area contributed by atoms with Crippen LogP contribution in [0.4, 0.5) is 4.39 Å². The molecule has 1 N–H and O–H groups in total. The number of ether oxygens (including phenoxy) is 2. The molecular formula is C22H23ClFNO2. The molecule has 2 heterocycles. The zero-order valence-corrected chi connectivity index (χ0v) is 15.8. The number of nitrogens with one attached hydrogen (secondary N) is 1. The minimum atomic E-state index is -2.68. The fraction of sp³-hybridized carbons (Fsp3) is 0.364. The van der Waals surface area contributed by atoms with Gasteiger partial charge in [0.25, 0.3) is 0 Å². The van der Waals surface area contributed by atoms with Crippen LogP contribution in [0.1, 0.15) is 46.5 Å². The van der Waals surface area contributed by atoms with Crippen LogP contribution in [0.2, 0.25) is 5.02 Å². The number of rotatable bonds is 3. The third-order valence-electron chi connectivity index (χ3n) is 5.39. The first-order valence-electron chi connectivity index (χ1n) is 10.6. The Morgan fingerprint density at radius 1 is 1.30 bits per heavy atom. The monoisotopic (exact) mass is 390 g/mol. The van der Waals surface area contributed by atoms with Gasteiger partial charge in [-0.05, 0) is 74.7 Å². The largest absolute Gasteiger partial charge is 0.496 e. The summed E-state index contributed by atoms with van der Waals surface area (Å²) in [6.07, 6.45) is 3.24. The summed E-state index contributed by atoms with van der Waals surface area (Å²) in [5.74, 6) is 0.391.